The van der Waals surface area contributed by atoms with Crippen molar-refractivity contribution in [2.45, 2.75) is 6.42 Å². The molecule has 2 atom stereocenters. The van der Waals surface area contributed by atoms with Gasteiger partial charge in [-0.1, -0.05) is 12.1 Å². The van der Waals surface area contributed by atoms with Crippen LogP contribution in [0.2, 0.25) is 0 Å². The molecule has 3 rings (SSSR count). The van der Waals surface area contributed by atoms with Crippen molar-refractivity contribution < 1.29 is 14.3 Å². The molecule has 1 N–H and O–H groups in total. The molecule has 2 unspecified atom stereocenters. The molecule has 124 valence electrons. The van der Waals surface area contributed by atoms with Crippen molar-refractivity contribution in [3.05, 3.63) is 24.3 Å². The third kappa shape index (κ3) is 3.47. The van der Waals surface area contributed by atoms with Gasteiger partial charge in [0, 0.05) is 26.2 Å². The Hall–Kier alpha value is -2.08. The number of anilines is 1. The predicted molar refractivity (Wildman–Crippen MR) is 87.3 cm³/mol. The lowest BCUT2D eigenvalue weighted by molar-refractivity contribution is -0.135. The van der Waals surface area contributed by atoms with Crippen LogP contribution in [0.3, 0.4) is 0 Å². The molecule has 2 amide bonds. The molecule has 1 aliphatic carbocycles. The van der Waals surface area contributed by atoms with Crippen LogP contribution in [0.1, 0.15) is 6.42 Å². The zero-order valence-electron chi connectivity index (χ0n) is 13.6. The van der Waals surface area contributed by atoms with E-state index in [1.54, 1.807) is 19.2 Å². The van der Waals surface area contributed by atoms with Crippen LogP contribution in [-0.4, -0.2) is 62.0 Å². The van der Waals surface area contributed by atoms with E-state index in [4.69, 9.17) is 4.74 Å². The number of methoxy groups -OCH3 is 1. The number of carbonyl (C=O) groups is 2. The van der Waals surface area contributed by atoms with Gasteiger partial charge in [0.1, 0.15) is 5.75 Å². The minimum absolute atomic E-state index is 0.0954. The van der Waals surface area contributed by atoms with E-state index in [1.807, 2.05) is 17.0 Å². The maximum atomic E-state index is 12.5. The lowest BCUT2D eigenvalue weighted by Crippen LogP contribution is -2.48. The third-order valence-corrected chi connectivity index (χ3v) is 4.62. The molecule has 1 aliphatic heterocycles. The monoisotopic (exact) mass is 317 g/mol. The van der Waals surface area contributed by atoms with Gasteiger partial charge in [-0.3, -0.25) is 9.59 Å². The average Bonchev–Trinajstić information content (AvgIpc) is 3.36. The largest absolute Gasteiger partial charge is 0.495 e. The fraction of sp³-hybridized carbons (Fsp3) is 0.529. The van der Waals surface area contributed by atoms with Crippen LogP contribution in [-0.2, 0) is 9.59 Å². The first kappa shape index (κ1) is 15.8. The van der Waals surface area contributed by atoms with E-state index in [-0.39, 0.29) is 23.7 Å². The molecule has 2 aliphatic rings. The summed E-state index contributed by atoms with van der Waals surface area (Å²) in [6.45, 7) is 3.31. The predicted octanol–water partition coefficient (Wildman–Crippen LogP) is 1.04. The van der Waals surface area contributed by atoms with E-state index in [0.29, 0.717) is 17.9 Å². The maximum Gasteiger partial charge on any atom is 0.228 e. The summed E-state index contributed by atoms with van der Waals surface area (Å²) in [5, 5.41) is 2.88. The topological polar surface area (TPSA) is 61.9 Å². The van der Waals surface area contributed by atoms with E-state index in [9.17, 15) is 9.59 Å². The molecule has 0 spiro atoms. The quantitative estimate of drug-likeness (QED) is 0.901. The van der Waals surface area contributed by atoms with Gasteiger partial charge in [-0.2, -0.15) is 0 Å². The van der Waals surface area contributed by atoms with Gasteiger partial charge < -0.3 is 19.9 Å². The lowest BCUT2D eigenvalue weighted by Gasteiger charge is -2.32. The number of para-hydroxylation sites is 2. The van der Waals surface area contributed by atoms with Crippen LogP contribution in [0, 0.1) is 11.8 Å². The lowest BCUT2D eigenvalue weighted by atomic mass is 10.2. The number of nitrogens with zero attached hydrogens (tertiary/aromatic N) is 2. The minimum Gasteiger partial charge on any atom is -0.495 e. The number of hydrogen-bond acceptors (Lipinski definition) is 4. The third-order valence-electron chi connectivity index (χ3n) is 4.62. The van der Waals surface area contributed by atoms with Crippen LogP contribution in [0.5, 0.6) is 5.75 Å². The van der Waals surface area contributed by atoms with Gasteiger partial charge in [0.05, 0.1) is 24.6 Å². The van der Waals surface area contributed by atoms with E-state index in [0.717, 1.165) is 26.2 Å². The Kier molecular flexibility index (Phi) is 4.52. The second kappa shape index (κ2) is 6.58. The molecule has 2 fully saturated rings. The number of amides is 2. The van der Waals surface area contributed by atoms with Crippen molar-refractivity contribution in [2.75, 3.05) is 45.7 Å². The molecular formula is C17H23N3O3. The molecule has 23 heavy (non-hydrogen) atoms. The zero-order valence-corrected chi connectivity index (χ0v) is 13.6. The standard InChI is InChI=1S/C17H23N3O3/c1-19-7-9-20(10-8-19)17(22)13-11-12(13)16(21)18-14-5-3-4-6-15(14)23-2/h3-6,12-13H,7-11H2,1-2H3,(H,18,21). The summed E-state index contributed by atoms with van der Waals surface area (Å²) >= 11 is 0. The maximum absolute atomic E-state index is 12.5. The van der Waals surface area contributed by atoms with Crippen molar-refractivity contribution in [2.24, 2.45) is 11.8 Å². The molecule has 1 saturated carbocycles. The van der Waals surface area contributed by atoms with Crippen LogP contribution >= 0.6 is 0 Å². The number of piperazine rings is 1. The van der Waals surface area contributed by atoms with Crippen LogP contribution < -0.4 is 10.1 Å². The SMILES string of the molecule is COc1ccccc1NC(=O)C1CC1C(=O)N1CCN(C)CC1. The second-order valence-corrected chi connectivity index (χ2v) is 6.27. The van der Waals surface area contributed by atoms with Crippen molar-refractivity contribution in [3.63, 3.8) is 0 Å². The van der Waals surface area contributed by atoms with Crippen molar-refractivity contribution in [1.29, 1.82) is 0 Å². The van der Waals surface area contributed by atoms with Crippen LogP contribution in [0.15, 0.2) is 24.3 Å². The summed E-state index contributed by atoms with van der Waals surface area (Å²) in [5.41, 5.74) is 0.651. The van der Waals surface area contributed by atoms with Crippen molar-refractivity contribution in [1.82, 2.24) is 9.80 Å². The molecule has 0 bridgehead atoms. The Morgan fingerprint density at radius 1 is 1.13 bits per heavy atom. The molecule has 1 aromatic carbocycles. The normalized spacial score (nSPS) is 24.2. The van der Waals surface area contributed by atoms with Crippen molar-refractivity contribution >= 4 is 17.5 Å². The van der Waals surface area contributed by atoms with Gasteiger partial charge in [-0.25, -0.2) is 0 Å². The van der Waals surface area contributed by atoms with Gasteiger partial charge in [0.2, 0.25) is 11.8 Å². The highest BCUT2D eigenvalue weighted by molar-refractivity contribution is 6.00. The first-order chi connectivity index (χ1) is 11.1. The number of benzene rings is 1. The van der Waals surface area contributed by atoms with E-state index in [2.05, 4.69) is 17.3 Å². The van der Waals surface area contributed by atoms with Gasteiger partial charge in [0.15, 0.2) is 0 Å². The fourth-order valence-corrected chi connectivity index (χ4v) is 2.99. The summed E-state index contributed by atoms with van der Waals surface area (Å²) in [5.74, 6) is 0.281. The molecule has 1 aromatic rings. The highest BCUT2D eigenvalue weighted by atomic mass is 16.5. The number of ether oxygens (including phenoxy) is 1. The average molecular weight is 317 g/mol. The molecule has 1 heterocycles. The summed E-state index contributed by atoms with van der Waals surface area (Å²) < 4.78 is 5.23. The second-order valence-electron chi connectivity index (χ2n) is 6.27. The number of rotatable bonds is 4. The smallest absolute Gasteiger partial charge is 0.228 e. The summed E-state index contributed by atoms with van der Waals surface area (Å²) in [6, 6.07) is 7.30. The molecule has 0 aromatic heterocycles. The summed E-state index contributed by atoms with van der Waals surface area (Å²) in [7, 11) is 3.63. The zero-order chi connectivity index (χ0) is 16.4. The van der Waals surface area contributed by atoms with Crippen LogP contribution in [0.25, 0.3) is 0 Å². The highest BCUT2D eigenvalue weighted by Gasteiger charge is 2.49. The Bertz CT molecular complexity index is 597. The summed E-state index contributed by atoms with van der Waals surface area (Å²) in [4.78, 5) is 28.9. The van der Waals surface area contributed by atoms with E-state index < -0.39 is 0 Å². The molecule has 6 nitrogen and oxygen atoms in total. The highest BCUT2D eigenvalue weighted by Crippen LogP contribution is 2.41. The first-order valence-corrected chi connectivity index (χ1v) is 8.01. The molecule has 0 radical (unpaired) electrons. The Morgan fingerprint density at radius 2 is 1.83 bits per heavy atom. The van der Waals surface area contributed by atoms with Crippen LogP contribution in [0.4, 0.5) is 5.69 Å². The first-order valence-electron chi connectivity index (χ1n) is 8.01. The number of nitrogens with one attached hydrogen (secondary N) is 1. The number of carbonyl (C=O) groups excluding carboxylic acids is 2. The Balaban J connectivity index is 1.55. The van der Waals surface area contributed by atoms with E-state index >= 15 is 0 Å². The Labute approximate surface area is 136 Å². The minimum atomic E-state index is -0.216. The molecule has 6 heteroatoms. The summed E-state index contributed by atoms with van der Waals surface area (Å²) in [6.07, 6.45) is 0.645. The molecule has 1 saturated heterocycles. The Morgan fingerprint density at radius 3 is 2.52 bits per heavy atom. The van der Waals surface area contributed by atoms with Crippen molar-refractivity contribution in [3.8, 4) is 5.75 Å². The van der Waals surface area contributed by atoms with Gasteiger partial charge in [0.25, 0.3) is 0 Å². The van der Waals surface area contributed by atoms with Gasteiger partial charge in [-0.05, 0) is 25.6 Å². The van der Waals surface area contributed by atoms with E-state index in [1.165, 1.54) is 0 Å². The fourth-order valence-electron chi connectivity index (χ4n) is 2.99. The number of likely N-dealkylation sites (N-methyl/N-ethyl adjacent to an activating group) is 1. The number of hydrogen-bond donors (Lipinski definition) is 1. The van der Waals surface area contributed by atoms with Gasteiger partial charge in [-0.15, -0.1) is 0 Å². The van der Waals surface area contributed by atoms with Gasteiger partial charge >= 0.3 is 0 Å². The molecular weight excluding hydrogens is 294 g/mol.